The van der Waals surface area contributed by atoms with Crippen molar-refractivity contribution in [3.05, 3.63) is 63.7 Å². The molecule has 2 aromatic carbocycles. The second kappa shape index (κ2) is 6.98. The fourth-order valence-corrected chi connectivity index (χ4v) is 2.89. The molecule has 7 nitrogen and oxygen atoms in total. The van der Waals surface area contributed by atoms with E-state index < -0.39 is 20.9 Å². The van der Waals surface area contributed by atoms with Gasteiger partial charge in [-0.1, -0.05) is 29.8 Å². The number of nitrogens with zero attached hydrogens (tertiary/aromatic N) is 1. The lowest BCUT2D eigenvalue weighted by atomic mass is 10.1. The van der Waals surface area contributed by atoms with E-state index in [0.29, 0.717) is 5.56 Å². The maximum absolute atomic E-state index is 11.5. The molecule has 0 aliphatic carbocycles. The molecule has 0 heterocycles. The molecular weight excluding hydrogens is 332 g/mol. The summed E-state index contributed by atoms with van der Waals surface area (Å²) in [5.74, 6) is 0. The van der Waals surface area contributed by atoms with Crippen LogP contribution in [-0.4, -0.2) is 31.2 Å². The Morgan fingerprint density at radius 3 is 2.54 bits per heavy atom. The molecule has 0 spiro atoms. The number of anilines is 1. The highest BCUT2D eigenvalue weighted by Crippen LogP contribution is 2.28. The number of benzene rings is 2. The third-order valence-electron chi connectivity index (χ3n) is 3.51. The van der Waals surface area contributed by atoms with Gasteiger partial charge in [-0.3, -0.25) is 10.1 Å². The number of aliphatic hydroxyl groups excluding tert-OH is 1. The van der Waals surface area contributed by atoms with Crippen molar-refractivity contribution in [2.75, 3.05) is 18.1 Å². The van der Waals surface area contributed by atoms with Gasteiger partial charge < -0.3 is 10.4 Å². The van der Waals surface area contributed by atoms with Gasteiger partial charge in [-0.25, -0.2) is 8.42 Å². The quantitative estimate of drug-likeness (QED) is 0.612. The molecule has 8 heteroatoms. The highest BCUT2D eigenvalue weighted by atomic mass is 32.2. The van der Waals surface area contributed by atoms with Crippen LogP contribution in [0.3, 0.4) is 0 Å². The zero-order valence-electron chi connectivity index (χ0n) is 13.3. The van der Waals surface area contributed by atoms with Crippen molar-refractivity contribution in [3.63, 3.8) is 0 Å². The van der Waals surface area contributed by atoms with E-state index in [1.807, 2.05) is 25.1 Å². The van der Waals surface area contributed by atoms with Gasteiger partial charge in [0.15, 0.2) is 9.84 Å². The van der Waals surface area contributed by atoms with Crippen molar-refractivity contribution >= 4 is 21.2 Å². The van der Waals surface area contributed by atoms with Crippen LogP contribution in [0, 0.1) is 17.0 Å². The normalized spacial score (nSPS) is 12.6. The first kappa shape index (κ1) is 17.9. The van der Waals surface area contributed by atoms with E-state index in [9.17, 15) is 23.6 Å². The second-order valence-electron chi connectivity index (χ2n) is 5.52. The monoisotopic (exact) mass is 350 g/mol. The Kier molecular flexibility index (Phi) is 5.20. The Hall–Kier alpha value is -2.45. The number of rotatable bonds is 6. The maximum atomic E-state index is 11.5. The topological polar surface area (TPSA) is 110 Å². The number of nitro groups is 1. The first-order valence-electron chi connectivity index (χ1n) is 7.15. The van der Waals surface area contributed by atoms with Crippen LogP contribution in [0.2, 0.25) is 0 Å². The molecule has 0 radical (unpaired) electrons. The van der Waals surface area contributed by atoms with Crippen LogP contribution >= 0.6 is 0 Å². The van der Waals surface area contributed by atoms with Crippen molar-refractivity contribution in [2.45, 2.75) is 17.9 Å². The fourth-order valence-electron chi connectivity index (χ4n) is 2.24. The zero-order chi connectivity index (χ0) is 17.9. The number of nitro benzene ring substituents is 1. The van der Waals surface area contributed by atoms with E-state index in [1.165, 1.54) is 12.1 Å². The molecule has 2 N–H and O–H groups in total. The number of aliphatic hydroxyl groups is 1. The molecule has 0 aliphatic rings. The molecule has 2 aromatic rings. The third kappa shape index (κ3) is 4.30. The van der Waals surface area contributed by atoms with E-state index in [0.717, 1.165) is 17.9 Å². The fraction of sp³-hybridized carbons (Fsp3) is 0.250. The van der Waals surface area contributed by atoms with E-state index in [-0.39, 0.29) is 22.8 Å². The third-order valence-corrected chi connectivity index (χ3v) is 4.62. The lowest BCUT2D eigenvalue weighted by molar-refractivity contribution is -0.384. The molecule has 0 saturated heterocycles. The van der Waals surface area contributed by atoms with Gasteiger partial charge in [0.2, 0.25) is 0 Å². The highest BCUT2D eigenvalue weighted by molar-refractivity contribution is 7.90. The summed E-state index contributed by atoms with van der Waals surface area (Å²) >= 11 is 0. The molecule has 0 fully saturated rings. The molecule has 2 rings (SSSR count). The number of nitrogens with one attached hydrogen (secondary N) is 1. The Morgan fingerprint density at radius 2 is 1.96 bits per heavy atom. The summed E-state index contributed by atoms with van der Waals surface area (Å²) in [5.41, 5.74) is 1.49. The Balaban J connectivity index is 2.22. The van der Waals surface area contributed by atoms with Crippen LogP contribution in [0.15, 0.2) is 47.4 Å². The second-order valence-corrected chi connectivity index (χ2v) is 7.53. The summed E-state index contributed by atoms with van der Waals surface area (Å²) in [7, 11) is -3.54. The van der Waals surface area contributed by atoms with E-state index >= 15 is 0 Å². The number of hydrogen-bond acceptors (Lipinski definition) is 6. The van der Waals surface area contributed by atoms with Crippen molar-refractivity contribution < 1.29 is 18.4 Å². The van der Waals surface area contributed by atoms with Crippen LogP contribution in [0.1, 0.15) is 17.2 Å². The molecule has 0 aliphatic heterocycles. The van der Waals surface area contributed by atoms with Crippen LogP contribution in [0.4, 0.5) is 11.4 Å². The predicted molar refractivity (Wildman–Crippen MR) is 90.8 cm³/mol. The first-order valence-corrected chi connectivity index (χ1v) is 9.04. The van der Waals surface area contributed by atoms with Crippen molar-refractivity contribution in [3.8, 4) is 0 Å². The smallest absolute Gasteiger partial charge is 0.293 e. The van der Waals surface area contributed by atoms with Crippen LogP contribution in [0.25, 0.3) is 0 Å². The van der Waals surface area contributed by atoms with Gasteiger partial charge in [0, 0.05) is 18.9 Å². The molecule has 128 valence electrons. The van der Waals surface area contributed by atoms with Crippen molar-refractivity contribution in [1.82, 2.24) is 0 Å². The summed E-state index contributed by atoms with van der Waals surface area (Å²) in [5, 5.41) is 24.2. The molecule has 24 heavy (non-hydrogen) atoms. The molecule has 0 aromatic heterocycles. The minimum atomic E-state index is -3.54. The maximum Gasteiger partial charge on any atom is 0.293 e. The molecular formula is C16H18N2O5S. The zero-order valence-corrected chi connectivity index (χ0v) is 14.1. The Labute approximate surface area is 140 Å². The van der Waals surface area contributed by atoms with Gasteiger partial charge in [-0.2, -0.15) is 0 Å². The average Bonchev–Trinajstić information content (AvgIpc) is 2.51. The summed E-state index contributed by atoms with van der Waals surface area (Å²) in [6.45, 7) is 1.96. The number of sulfone groups is 1. The standard InChI is InChI=1S/C16H18N2O5S/c1-11-4-3-5-12(8-11)16(19)10-17-14-7-6-13(24(2,22)23)9-15(14)18(20)21/h3-9,16-17,19H,10H2,1-2H3. The van der Waals surface area contributed by atoms with Gasteiger partial charge >= 0.3 is 0 Å². The van der Waals surface area contributed by atoms with Crippen molar-refractivity contribution in [2.24, 2.45) is 0 Å². The first-order chi connectivity index (χ1) is 11.2. The van der Waals surface area contributed by atoms with Crippen LogP contribution in [-0.2, 0) is 9.84 Å². The van der Waals surface area contributed by atoms with E-state index in [4.69, 9.17) is 0 Å². The SMILES string of the molecule is Cc1cccc(C(O)CNc2ccc(S(C)(=O)=O)cc2[N+](=O)[O-])c1. The predicted octanol–water partition coefficient (Wildman–Crippen LogP) is 2.45. The summed E-state index contributed by atoms with van der Waals surface area (Å²) in [4.78, 5) is 10.4. The van der Waals surface area contributed by atoms with Gasteiger partial charge in [0.05, 0.1) is 15.9 Å². The lowest BCUT2D eigenvalue weighted by Gasteiger charge is -2.14. The molecule has 1 atom stereocenters. The minimum absolute atomic E-state index is 0.0581. The molecule has 0 saturated carbocycles. The largest absolute Gasteiger partial charge is 0.387 e. The van der Waals surface area contributed by atoms with E-state index in [1.54, 1.807) is 6.07 Å². The van der Waals surface area contributed by atoms with Crippen LogP contribution < -0.4 is 5.32 Å². The van der Waals surface area contributed by atoms with Crippen LogP contribution in [0.5, 0.6) is 0 Å². The molecule has 0 bridgehead atoms. The highest BCUT2D eigenvalue weighted by Gasteiger charge is 2.19. The lowest BCUT2D eigenvalue weighted by Crippen LogP contribution is -2.13. The van der Waals surface area contributed by atoms with Crippen molar-refractivity contribution in [1.29, 1.82) is 0 Å². The Bertz CT molecular complexity index is 865. The van der Waals surface area contributed by atoms with Gasteiger partial charge in [0.1, 0.15) is 5.69 Å². The number of hydrogen-bond donors (Lipinski definition) is 2. The number of aryl methyl sites for hydroxylation is 1. The van der Waals surface area contributed by atoms with E-state index in [2.05, 4.69) is 5.32 Å². The molecule has 1 unspecified atom stereocenters. The van der Waals surface area contributed by atoms with Gasteiger partial charge in [-0.05, 0) is 24.6 Å². The molecule has 0 amide bonds. The summed E-state index contributed by atoms with van der Waals surface area (Å²) < 4.78 is 23.0. The Morgan fingerprint density at radius 1 is 1.25 bits per heavy atom. The van der Waals surface area contributed by atoms with Gasteiger partial charge in [-0.15, -0.1) is 0 Å². The van der Waals surface area contributed by atoms with Gasteiger partial charge in [0.25, 0.3) is 5.69 Å². The summed E-state index contributed by atoms with van der Waals surface area (Å²) in [6, 6.07) is 10.9. The minimum Gasteiger partial charge on any atom is -0.387 e. The summed E-state index contributed by atoms with van der Waals surface area (Å²) in [6.07, 6.45) is 0.139. The average molecular weight is 350 g/mol.